The number of anilines is 1. The summed E-state index contributed by atoms with van der Waals surface area (Å²) in [5, 5.41) is 28.1. The highest BCUT2D eigenvalue weighted by Crippen LogP contribution is 2.38. The monoisotopic (exact) mass is 567 g/mol. The van der Waals surface area contributed by atoms with Crippen LogP contribution in [0.4, 0.5) is 10.5 Å². The highest BCUT2D eigenvalue weighted by Gasteiger charge is 2.33. The number of nitrogens with one attached hydrogen (secondary N) is 2. The second-order valence-corrected chi connectivity index (χ2v) is 11.7. The minimum Gasteiger partial charge on any atom is -0.387 e. The number of carbonyl (C=O) groups is 1. The molecule has 8 heteroatoms. The van der Waals surface area contributed by atoms with E-state index in [4.69, 9.17) is 23.2 Å². The van der Waals surface area contributed by atoms with Gasteiger partial charge in [0.1, 0.15) is 0 Å². The summed E-state index contributed by atoms with van der Waals surface area (Å²) in [6.07, 6.45) is 0.263. The van der Waals surface area contributed by atoms with E-state index in [2.05, 4.69) is 42.7 Å². The number of aliphatic hydroxyl groups is 2. The summed E-state index contributed by atoms with van der Waals surface area (Å²) in [4.78, 5) is 14.9. The Hall–Kier alpha value is -2.61. The number of nitrogens with zero attached hydrogens (tertiary/aromatic N) is 1. The predicted molar refractivity (Wildman–Crippen MR) is 156 cm³/mol. The van der Waals surface area contributed by atoms with Crippen molar-refractivity contribution in [2.24, 2.45) is 5.92 Å². The Balaban J connectivity index is 1.30. The summed E-state index contributed by atoms with van der Waals surface area (Å²) in [6.45, 7) is 6.96. The number of benzene rings is 3. The normalized spacial score (nSPS) is 23.1. The molecule has 3 aromatic carbocycles. The second-order valence-electron chi connectivity index (χ2n) is 10.9. The van der Waals surface area contributed by atoms with Crippen LogP contribution in [0.25, 0.3) is 0 Å². The number of amides is 2. The number of hydrogen-bond donors (Lipinski definition) is 4. The van der Waals surface area contributed by atoms with Crippen molar-refractivity contribution in [3.63, 3.8) is 0 Å². The van der Waals surface area contributed by atoms with Crippen LogP contribution in [0.2, 0.25) is 10.0 Å². The van der Waals surface area contributed by atoms with Crippen LogP contribution in [-0.2, 0) is 12.8 Å². The Bertz CT molecular complexity index is 1380. The van der Waals surface area contributed by atoms with Crippen LogP contribution < -0.4 is 10.6 Å². The van der Waals surface area contributed by atoms with Gasteiger partial charge in [-0.05, 0) is 72.1 Å². The molecule has 0 aromatic heterocycles. The van der Waals surface area contributed by atoms with Crippen molar-refractivity contribution in [3.8, 4) is 0 Å². The summed E-state index contributed by atoms with van der Waals surface area (Å²) < 4.78 is 0. The molecule has 0 fully saturated rings. The number of β-amino-alcohol motifs (C(OH)–C–C–N with tert-alkyl or cyclic N) is 2. The molecule has 0 radical (unpaired) electrons. The van der Waals surface area contributed by atoms with Gasteiger partial charge < -0.3 is 25.7 Å². The van der Waals surface area contributed by atoms with E-state index in [-0.39, 0.29) is 30.6 Å². The lowest BCUT2D eigenvalue weighted by atomic mass is 9.88. The average Bonchev–Trinajstić information content (AvgIpc) is 2.92. The van der Waals surface area contributed by atoms with E-state index < -0.39 is 12.2 Å². The van der Waals surface area contributed by atoms with Gasteiger partial charge in [-0.25, -0.2) is 4.79 Å². The van der Waals surface area contributed by atoms with Crippen molar-refractivity contribution in [2.45, 2.75) is 57.9 Å². The number of hydrogen-bond acceptors (Lipinski definition) is 4. The molecule has 3 aromatic rings. The Morgan fingerprint density at radius 3 is 2.51 bits per heavy atom. The molecular formula is C31H35Cl2N3O3. The molecule has 0 bridgehead atoms. The summed E-state index contributed by atoms with van der Waals surface area (Å²) >= 11 is 13.3. The minimum absolute atomic E-state index is 0.181. The molecule has 0 saturated heterocycles. The summed E-state index contributed by atoms with van der Waals surface area (Å²) in [6, 6.07) is 17.3. The van der Waals surface area contributed by atoms with Crippen molar-refractivity contribution >= 4 is 34.9 Å². The Morgan fingerprint density at radius 1 is 1.00 bits per heavy atom. The summed E-state index contributed by atoms with van der Waals surface area (Å²) in [5.41, 5.74) is 6.37. The fraction of sp³-hybridized carbons (Fsp3) is 0.387. The minimum atomic E-state index is -0.759. The molecule has 0 unspecified atom stereocenters. The van der Waals surface area contributed by atoms with Crippen LogP contribution in [0.5, 0.6) is 0 Å². The van der Waals surface area contributed by atoms with Crippen molar-refractivity contribution in [1.82, 2.24) is 10.2 Å². The topological polar surface area (TPSA) is 84.8 Å². The van der Waals surface area contributed by atoms with Gasteiger partial charge in [0.05, 0.1) is 40.5 Å². The van der Waals surface area contributed by atoms with Crippen LogP contribution in [-0.4, -0.2) is 34.2 Å². The van der Waals surface area contributed by atoms with Crippen LogP contribution in [0.1, 0.15) is 78.4 Å². The van der Waals surface area contributed by atoms with E-state index in [9.17, 15) is 15.0 Å². The number of rotatable bonds is 5. The number of fused-ring (bicyclic) bond motifs is 2. The lowest BCUT2D eigenvalue weighted by Crippen LogP contribution is -2.43. The maximum atomic E-state index is 13.3. The molecule has 0 spiro atoms. The molecule has 2 aliphatic heterocycles. The molecule has 0 aliphatic carbocycles. The highest BCUT2D eigenvalue weighted by atomic mass is 35.5. The molecule has 6 nitrogen and oxygen atoms in total. The van der Waals surface area contributed by atoms with Gasteiger partial charge in [-0.3, -0.25) is 0 Å². The molecule has 5 atom stereocenters. The van der Waals surface area contributed by atoms with Gasteiger partial charge >= 0.3 is 6.03 Å². The molecule has 206 valence electrons. The largest absolute Gasteiger partial charge is 0.387 e. The third-order valence-electron chi connectivity index (χ3n) is 8.05. The molecule has 2 aliphatic rings. The van der Waals surface area contributed by atoms with Gasteiger partial charge in [-0.1, -0.05) is 78.7 Å². The molecule has 2 heterocycles. The summed E-state index contributed by atoms with van der Waals surface area (Å²) in [5.74, 6) is 0.260. The number of halogens is 2. The fourth-order valence-corrected chi connectivity index (χ4v) is 6.45. The van der Waals surface area contributed by atoms with Gasteiger partial charge in [0.15, 0.2) is 0 Å². The van der Waals surface area contributed by atoms with E-state index in [1.54, 1.807) is 11.0 Å². The van der Waals surface area contributed by atoms with E-state index in [1.807, 2.05) is 37.3 Å². The first kappa shape index (κ1) is 27.9. The first-order valence-electron chi connectivity index (χ1n) is 13.5. The standard InChI is InChI=1S/C31H35Cl2N3O3/c1-17(12-20-8-10-22-18(2)34-15-27(37)25(22)14-20)13-21-9-11-26(32)30(29(21)33)35-31(39)36-16-28(38)24-7-5-4-6-23(24)19(36)3/h4-11,14,17-19,27-28,34,37-38H,12-13,15-16H2,1-3H3,(H,35,39)/t17-,18-,19-,27-,28-/m0/s1. The van der Waals surface area contributed by atoms with Crippen molar-refractivity contribution < 1.29 is 15.0 Å². The zero-order chi connectivity index (χ0) is 27.8. The quantitative estimate of drug-likeness (QED) is 0.274. The molecular weight excluding hydrogens is 533 g/mol. The Labute approximate surface area is 239 Å². The van der Waals surface area contributed by atoms with Gasteiger partial charge in [-0.2, -0.15) is 0 Å². The average molecular weight is 569 g/mol. The Kier molecular flexibility index (Phi) is 8.22. The molecule has 5 rings (SSSR count). The Morgan fingerprint density at radius 2 is 1.74 bits per heavy atom. The smallest absolute Gasteiger partial charge is 0.322 e. The lowest BCUT2D eigenvalue weighted by Gasteiger charge is -2.37. The molecule has 2 amide bonds. The maximum absolute atomic E-state index is 13.3. The first-order valence-corrected chi connectivity index (χ1v) is 14.2. The molecule has 0 saturated carbocycles. The molecule has 4 N–H and O–H groups in total. The van der Waals surface area contributed by atoms with Gasteiger partial charge in [0, 0.05) is 12.6 Å². The third kappa shape index (κ3) is 5.67. The van der Waals surface area contributed by atoms with Gasteiger partial charge in [0.2, 0.25) is 0 Å². The molecule has 39 heavy (non-hydrogen) atoms. The van der Waals surface area contributed by atoms with E-state index in [1.165, 1.54) is 5.56 Å². The fourth-order valence-electron chi connectivity index (χ4n) is 5.90. The zero-order valence-electron chi connectivity index (χ0n) is 22.4. The van der Waals surface area contributed by atoms with Gasteiger partial charge in [-0.15, -0.1) is 0 Å². The van der Waals surface area contributed by atoms with E-state index in [0.717, 1.165) is 34.2 Å². The maximum Gasteiger partial charge on any atom is 0.322 e. The SMILES string of the molecule is C[C@@H](Cc1ccc2c(c1)[C@@H](O)CN[C@H]2C)Cc1ccc(Cl)c(NC(=O)N2C[C@H](O)c3ccccc3[C@@H]2C)c1Cl. The number of carbonyl (C=O) groups excluding carboxylic acids is 1. The first-order chi connectivity index (χ1) is 18.6. The van der Waals surface area contributed by atoms with E-state index >= 15 is 0 Å². The van der Waals surface area contributed by atoms with Crippen LogP contribution in [0, 0.1) is 5.92 Å². The zero-order valence-corrected chi connectivity index (χ0v) is 23.9. The van der Waals surface area contributed by atoms with Crippen molar-refractivity contribution in [3.05, 3.63) is 98.0 Å². The van der Waals surface area contributed by atoms with Crippen molar-refractivity contribution in [1.29, 1.82) is 0 Å². The second kappa shape index (κ2) is 11.5. The van der Waals surface area contributed by atoms with Crippen LogP contribution >= 0.6 is 23.2 Å². The predicted octanol–water partition coefficient (Wildman–Crippen LogP) is 6.75. The lowest BCUT2D eigenvalue weighted by molar-refractivity contribution is 0.0933. The number of aliphatic hydroxyl groups excluding tert-OH is 2. The number of urea groups is 1. The van der Waals surface area contributed by atoms with Gasteiger partial charge in [0.25, 0.3) is 0 Å². The van der Waals surface area contributed by atoms with Crippen molar-refractivity contribution in [2.75, 3.05) is 18.4 Å². The highest BCUT2D eigenvalue weighted by molar-refractivity contribution is 6.40. The summed E-state index contributed by atoms with van der Waals surface area (Å²) in [7, 11) is 0. The third-order valence-corrected chi connectivity index (χ3v) is 8.80. The van der Waals surface area contributed by atoms with Crippen LogP contribution in [0.3, 0.4) is 0 Å². The van der Waals surface area contributed by atoms with E-state index in [0.29, 0.717) is 28.7 Å². The van der Waals surface area contributed by atoms with Crippen LogP contribution in [0.15, 0.2) is 54.6 Å².